The Morgan fingerprint density at radius 2 is 2.00 bits per heavy atom. The number of ether oxygens (including phenoxy) is 2. The van der Waals surface area contributed by atoms with Gasteiger partial charge in [-0.1, -0.05) is 12.1 Å². The van der Waals surface area contributed by atoms with Gasteiger partial charge < -0.3 is 14.8 Å². The summed E-state index contributed by atoms with van der Waals surface area (Å²) in [6.45, 7) is 5.16. The molecular formula is C17H22N2O4. The molecule has 0 aliphatic carbocycles. The summed E-state index contributed by atoms with van der Waals surface area (Å²) < 4.78 is 10.5. The molecule has 1 rings (SSSR count). The Balaban J connectivity index is 2.67. The maximum absolute atomic E-state index is 12.2. The molecule has 6 heteroatoms. The maximum Gasteiger partial charge on any atom is 0.249 e. The van der Waals surface area contributed by atoms with Gasteiger partial charge in [0.2, 0.25) is 5.91 Å². The standard InChI is InChI=1S/C17H22N2O4/c1-3-22-11-7-9-15(20)13(12-18)17(21)19-14-8-5-6-10-16(14)23-4-2/h5-6,8,10,13H,3-4,7,9,11H2,1-2H3,(H,19,21). The van der Waals surface area contributed by atoms with Gasteiger partial charge in [-0.15, -0.1) is 0 Å². The number of hydrogen-bond donors (Lipinski definition) is 1. The van der Waals surface area contributed by atoms with E-state index in [1.54, 1.807) is 30.3 Å². The molecule has 0 heterocycles. The van der Waals surface area contributed by atoms with Crippen molar-refractivity contribution in [2.75, 3.05) is 25.1 Å². The predicted octanol–water partition coefficient (Wildman–Crippen LogP) is 2.55. The smallest absolute Gasteiger partial charge is 0.249 e. The quantitative estimate of drug-likeness (QED) is 0.529. The normalized spacial score (nSPS) is 11.3. The Morgan fingerprint density at radius 1 is 1.26 bits per heavy atom. The molecule has 0 bridgehead atoms. The number of ketones is 1. The molecule has 0 spiro atoms. The molecule has 6 nitrogen and oxygen atoms in total. The van der Waals surface area contributed by atoms with E-state index in [9.17, 15) is 9.59 Å². The number of nitrogens with one attached hydrogen (secondary N) is 1. The van der Waals surface area contributed by atoms with Crippen molar-refractivity contribution < 1.29 is 19.1 Å². The van der Waals surface area contributed by atoms with Crippen molar-refractivity contribution in [3.63, 3.8) is 0 Å². The number of para-hydroxylation sites is 2. The summed E-state index contributed by atoms with van der Waals surface area (Å²) in [5.41, 5.74) is 0.446. The molecule has 1 N–H and O–H groups in total. The second-order valence-corrected chi connectivity index (χ2v) is 4.75. The molecule has 1 aromatic rings. The number of nitrogens with zero attached hydrogens (tertiary/aromatic N) is 1. The average Bonchev–Trinajstić information content (AvgIpc) is 2.54. The number of carbonyl (C=O) groups excluding carboxylic acids is 2. The van der Waals surface area contributed by atoms with E-state index >= 15 is 0 Å². The number of nitriles is 1. The average molecular weight is 318 g/mol. The molecule has 0 aliphatic heterocycles. The second-order valence-electron chi connectivity index (χ2n) is 4.75. The van der Waals surface area contributed by atoms with Gasteiger partial charge in [-0.25, -0.2) is 0 Å². The lowest BCUT2D eigenvalue weighted by Crippen LogP contribution is -2.28. The third-order valence-electron chi connectivity index (χ3n) is 3.07. The topological polar surface area (TPSA) is 88.4 Å². The summed E-state index contributed by atoms with van der Waals surface area (Å²) in [6, 6.07) is 8.67. The molecule has 0 aromatic heterocycles. The maximum atomic E-state index is 12.2. The van der Waals surface area contributed by atoms with Crippen LogP contribution >= 0.6 is 0 Å². The SMILES string of the molecule is CCOCCCC(=O)C(C#N)C(=O)Nc1ccccc1OCC. The zero-order valence-corrected chi connectivity index (χ0v) is 13.5. The van der Waals surface area contributed by atoms with E-state index in [1.807, 2.05) is 13.8 Å². The van der Waals surface area contributed by atoms with Crippen LogP contribution in [0.3, 0.4) is 0 Å². The van der Waals surface area contributed by atoms with Crippen molar-refractivity contribution in [1.82, 2.24) is 0 Å². The van der Waals surface area contributed by atoms with E-state index < -0.39 is 17.6 Å². The van der Waals surface area contributed by atoms with Crippen molar-refractivity contribution in [3.8, 4) is 11.8 Å². The first-order chi connectivity index (χ1) is 11.1. The first-order valence-corrected chi connectivity index (χ1v) is 7.66. The van der Waals surface area contributed by atoms with Crippen molar-refractivity contribution in [2.24, 2.45) is 5.92 Å². The van der Waals surface area contributed by atoms with E-state index in [0.29, 0.717) is 37.7 Å². The van der Waals surface area contributed by atoms with Gasteiger partial charge in [-0.05, 0) is 32.4 Å². The Morgan fingerprint density at radius 3 is 2.65 bits per heavy atom. The molecule has 0 fully saturated rings. The lowest BCUT2D eigenvalue weighted by atomic mass is 10.0. The van der Waals surface area contributed by atoms with E-state index in [0.717, 1.165) is 0 Å². The molecule has 1 aromatic carbocycles. The van der Waals surface area contributed by atoms with Gasteiger partial charge in [0.05, 0.1) is 18.4 Å². The van der Waals surface area contributed by atoms with Crippen LogP contribution in [0.15, 0.2) is 24.3 Å². The number of Topliss-reactive ketones (excluding diaryl/α,β-unsaturated/α-hetero) is 1. The highest BCUT2D eigenvalue weighted by Crippen LogP contribution is 2.24. The summed E-state index contributed by atoms with van der Waals surface area (Å²) in [5, 5.41) is 11.7. The van der Waals surface area contributed by atoms with Crippen molar-refractivity contribution in [1.29, 1.82) is 5.26 Å². The molecule has 0 radical (unpaired) electrons. The Bertz CT molecular complexity index is 566. The lowest BCUT2D eigenvalue weighted by molar-refractivity contribution is -0.129. The fraction of sp³-hybridized carbons (Fsp3) is 0.471. The van der Waals surface area contributed by atoms with Crippen LogP contribution in [-0.2, 0) is 14.3 Å². The van der Waals surface area contributed by atoms with Gasteiger partial charge in [-0.2, -0.15) is 5.26 Å². The molecule has 0 saturated carbocycles. The minimum Gasteiger partial charge on any atom is -0.492 e. The Kier molecular flexibility index (Phi) is 8.40. The summed E-state index contributed by atoms with van der Waals surface area (Å²) in [4.78, 5) is 24.2. The van der Waals surface area contributed by atoms with Crippen LogP contribution in [0.5, 0.6) is 5.75 Å². The summed E-state index contributed by atoms with van der Waals surface area (Å²) in [7, 11) is 0. The second kappa shape index (κ2) is 10.4. The Hall–Kier alpha value is -2.39. The molecular weight excluding hydrogens is 296 g/mol. The predicted molar refractivity (Wildman–Crippen MR) is 86.1 cm³/mol. The zero-order valence-electron chi connectivity index (χ0n) is 13.5. The van der Waals surface area contributed by atoms with Crippen molar-refractivity contribution in [2.45, 2.75) is 26.7 Å². The third-order valence-corrected chi connectivity index (χ3v) is 3.07. The number of amides is 1. The molecule has 1 atom stereocenters. The van der Waals surface area contributed by atoms with Gasteiger partial charge in [0.1, 0.15) is 5.75 Å². The highest BCUT2D eigenvalue weighted by molar-refractivity contribution is 6.09. The first kappa shape index (κ1) is 18.7. The highest BCUT2D eigenvalue weighted by Gasteiger charge is 2.26. The molecule has 1 amide bonds. The fourth-order valence-electron chi connectivity index (χ4n) is 1.97. The third kappa shape index (κ3) is 6.09. The summed E-state index contributed by atoms with van der Waals surface area (Å²) in [6.07, 6.45) is 0.631. The summed E-state index contributed by atoms with van der Waals surface area (Å²) in [5.74, 6) is -1.87. The van der Waals surface area contributed by atoms with Crippen molar-refractivity contribution >= 4 is 17.4 Å². The number of benzene rings is 1. The monoisotopic (exact) mass is 318 g/mol. The molecule has 0 aliphatic rings. The van der Waals surface area contributed by atoms with Crippen LogP contribution in [0.1, 0.15) is 26.7 Å². The minimum absolute atomic E-state index is 0.138. The van der Waals surface area contributed by atoms with Crippen LogP contribution in [0.4, 0.5) is 5.69 Å². The van der Waals surface area contributed by atoms with Crippen LogP contribution in [0.25, 0.3) is 0 Å². The minimum atomic E-state index is -1.33. The molecule has 1 unspecified atom stereocenters. The molecule has 0 saturated heterocycles. The van der Waals surface area contributed by atoms with Gasteiger partial charge in [0, 0.05) is 19.6 Å². The van der Waals surface area contributed by atoms with Gasteiger partial charge >= 0.3 is 0 Å². The zero-order chi connectivity index (χ0) is 17.1. The van der Waals surface area contributed by atoms with E-state index in [2.05, 4.69) is 5.32 Å². The van der Waals surface area contributed by atoms with Gasteiger partial charge in [-0.3, -0.25) is 9.59 Å². The van der Waals surface area contributed by atoms with Crippen LogP contribution in [0, 0.1) is 17.2 Å². The molecule has 23 heavy (non-hydrogen) atoms. The number of carbonyl (C=O) groups is 2. The van der Waals surface area contributed by atoms with Crippen LogP contribution in [0.2, 0.25) is 0 Å². The highest BCUT2D eigenvalue weighted by atomic mass is 16.5. The Labute approximate surface area is 136 Å². The largest absolute Gasteiger partial charge is 0.492 e. The van der Waals surface area contributed by atoms with E-state index in [1.165, 1.54) is 0 Å². The first-order valence-electron chi connectivity index (χ1n) is 7.66. The van der Waals surface area contributed by atoms with E-state index in [4.69, 9.17) is 14.7 Å². The summed E-state index contributed by atoms with van der Waals surface area (Å²) >= 11 is 0. The number of anilines is 1. The van der Waals surface area contributed by atoms with Gasteiger partial charge in [0.15, 0.2) is 11.7 Å². The van der Waals surface area contributed by atoms with Crippen molar-refractivity contribution in [3.05, 3.63) is 24.3 Å². The van der Waals surface area contributed by atoms with Gasteiger partial charge in [0.25, 0.3) is 0 Å². The number of hydrogen-bond acceptors (Lipinski definition) is 5. The lowest BCUT2D eigenvalue weighted by Gasteiger charge is -2.13. The van der Waals surface area contributed by atoms with E-state index in [-0.39, 0.29) is 6.42 Å². The van der Waals surface area contributed by atoms with Crippen LogP contribution in [-0.4, -0.2) is 31.5 Å². The fourth-order valence-corrected chi connectivity index (χ4v) is 1.97. The van der Waals surface area contributed by atoms with Crippen LogP contribution < -0.4 is 10.1 Å². The number of rotatable bonds is 10. The molecule has 124 valence electrons.